The van der Waals surface area contributed by atoms with Gasteiger partial charge < -0.3 is 9.63 Å². The normalized spacial score (nSPS) is 13.5. The van der Waals surface area contributed by atoms with Gasteiger partial charge in [0, 0.05) is 15.6 Å². The van der Waals surface area contributed by atoms with Crippen molar-refractivity contribution in [1.29, 1.82) is 0 Å². The summed E-state index contributed by atoms with van der Waals surface area (Å²) in [6, 6.07) is 4.46. The molecule has 0 radical (unpaired) electrons. The highest BCUT2D eigenvalue weighted by atomic mass is 35.5. The van der Waals surface area contributed by atoms with Crippen LogP contribution in [0.5, 0.6) is 0 Å². The van der Waals surface area contributed by atoms with E-state index in [9.17, 15) is 13.2 Å². The van der Waals surface area contributed by atoms with Gasteiger partial charge in [0.1, 0.15) is 0 Å². The summed E-state index contributed by atoms with van der Waals surface area (Å²) in [5.41, 5.74) is 0.402. The summed E-state index contributed by atoms with van der Waals surface area (Å²) in [7, 11) is 0. The summed E-state index contributed by atoms with van der Waals surface area (Å²) in [6.45, 7) is 0. The zero-order valence-electron chi connectivity index (χ0n) is 9.66. The smallest absolute Gasteiger partial charge is 0.383 e. The van der Waals surface area contributed by atoms with Gasteiger partial charge in [-0.05, 0) is 18.2 Å². The van der Waals surface area contributed by atoms with Gasteiger partial charge in [-0.2, -0.15) is 18.2 Å². The van der Waals surface area contributed by atoms with Crippen LogP contribution in [0.2, 0.25) is 10.0 Å². The molecule has 0 amide bonds. The Morgan fingerprint density at radius 2 is 1.80 bits per heavy atom. The summed E-state index contributed by atoms with van der Waals surface area (Å²) in [6.07, 6.45) is -8.11. The Kier molecular flexibility index (Phi) is 4.22. The fraction of sp³-hybridized carbons (Fsp3) is 0.273. The lowest BCUT2D eigenvalue weighted by atomic mass is 10.2. The van der Waals surface area contributed by atoms with Crippen LogP contribution in [0.25, 0.3) is 11.4 Å². The first kappa shape index (κ1) is 15.1. The molecule has 0 saturated carbocycles. The molecule has 1 aromatic heterocycles. The molecule has 1 aromatic carbocycles. The molecule has 9 heteroatoms. The minimum absolute atomic E-state index is 0.0405. The Labute approximate surface area is 121 Å². The van der Waals surface area contributed by atoms with Gasteiger partial charge in [-0.25, -0.2) is 0 Å². The molecule has 1 N–H and O–H groups in total. The Balaban J connectivity index is 2.21. The van der Waals surface area contributed by atoms with E-state index >= 15 is 0 Å². The summed E-state index contributed by atoms with van der Waals surface area (Å²) in [5.74, 6) is -0.292. The lowest BCUT2D eigenvalue weighted by Crippen LogP contribution is -2.30. The molecule has 20 heavy (non-hydrogen) atoms. The first-order valence-electron chi connectivity index (χ1n) is 5.29. The highest BCUT2D eigenvalue weighted by Crippen LogP contribution is 2.26. The molecule has 108 valence electrons. The van der Waals surface area contributed by atoms with E-state index in [1.54, 1.807) is 0 Å². The summed E-state index contributed by atoms with van der Waals surface area (Å²) < 4.78 is 41.2. The molecule has 0 aliphatic rings. The van der Waals surface area contributed by atoms with Crippen molar-refractivity contribution in [1.82, 2.24) is 10.1 Å². The predicted molar refractivity (Wildman–Crippen MR) is 65.5 cm³/mol. The minimum atomic E-state index is -4.74. The van der Waals surface area contributed by atoms with Crippen LogP contribution in [0.1, 0.15) is 5.89 Å². The number of aliphatic hydroxyl groups excluding tert-OH is 1. The van der Waals surface area contributed by atoms with Gasteiger partial charge in [0.15, 0.2) is 6.10 Å². The number of hydrogen-bond donors (Lipinski definition) is 1. The quantitative estimate of drug-likeness (QED) is 0.937. The molecule has 0 saturated heterocycles. The van der Waals surface area contributed by atoms with Crippen LogP contribution in [0.3, 0.4) is 0 Å². The Bertz CT molecular complexity index is 596. The second-order valence-corrected chi connectivity index (χ2v) is 4.80. The largest absolute Gasteiger partial charge is 0.414 e. The standard InChI is InChI=1S/C11H7Cl2F3N2O2/c12-6-1-5(2-7(13)3-6)10-17-9(20-18-10)4-8(19)11(14,15)16/h1-3,8,19H,4H2. The maximum atomic E-state index is 12.2. The van der Waals surface area contributed by atoms with Crippen LogP contribution in [0, 0.1) is 0 Å². The molecule has 0 aliphatic heterocycles. The molecule has 2 rings (SSSR count). The van der Waals surface area contributed by atoms with Crippen molar-refractivity contribution in [2.75, 3.05) is 0 Å². The molecule has 4 nitrogen and oxygen atoms in total. The van der Waals surface area contributed by atoms with E-state index in [0.29, 0.717) is 15.6 Å². The van der Waals surface area contributed by atoms with Gasteiger partial charge in [-0.15, -0.1) is 0 Å². The fourth-order valence-electron chi connectivity index (χ4n) is 1.42. The van der Waals surface area contributed by atoms with Crippen molar-refractivity contribution in [3.05, 3.63) is 34.1 Å². The molecule has 0 spiro atoms. The Morgan fingerprint density at radius 3 is 2.35 bits per heavy atom. The number of halogens is 5. The van der Waals surface area contributed by atoms with Crippen LogP contribution >= 0.6 is 23.2 Å². The van der Waals surface area contributed by atoms with E-state index in [1.165, 1.54) is 18.2 Å². The number of alkyl halides is 3. The SMILES string of the molecule is OC(Cc1nc(-c2cc(Cl)cc(Cl)c2)no1)C(F)(F)F. The molecule has 0 aliphatic carbocycles. The van der Waals surface area contributed by atoms with E-state index in [4.69, 9.17) is 28.3 Å². The van der Waals surface area contributed by atoms with Gasteiger partial charge >= 0.3 is 6.18 Å². The lowest BCUT2D eigenvalue weighted by molar-refractivity contribution is -0.204. The maximum absolute atomic E-state index is 12.2. The second kappa shape index (κ2) is 5.59. The molecule has 1 atom stereocenters. The molecule has 1 heterocycles. The average molecular weight is 327 g/mol. The Morgan fingerprint density at radius 1 is 1.20 bits per heavy atom. The van der Waals surface area contributed by atoms with E-state index in [-0.39, 0.29) is 11.7 Å². The second-order valence-electron chi connectivity index (χ2n) is 3.93. The van der Waals surface area contributed by atoms with Crippen LogP contribution in [0.4, 0.5) is 13.2 Å². The first-order chi connectivity index (χ1) is 9.25. The number of nitrogens with zero attached hydrogens (tertiary/aromatic N) is 2. The monoisotopic (exact) mass is 326 g/mol. The van der Waals surface area contributed by atoms with E-state index in [1.807, 2.05) is 0 Å². The number of aromatic nitrogens is 2. The van der Waals surface area contributed by atoms with Crippen molar-refractivity contribution < 1.29 is 22.8 Å². The van der Waals surface area contributed by atoms with Crippen LogP contribution < -0.4 is 0 Å². The van der Waals surface area contributed by atoms with Crippen molar-refractivity contribution in [3.8, 4) is 11.4 Å². The summed E-state index contributed by atoms with van der Waals surface area (Å²) >= 11 is 11.6. The molecular weight excluding hydrogens is 320 g/mol. The van der Waals surface area contributed by atoms with Gasteiger partial charge in [-0.3, -0.25) is 0 Å². The van der Waals surface area contributed by atoms with Gasteiger partial charge in [-0.1, -0.05) is 28.4 Å². The predicted octanol–water partition coefficient (Wildman–Crippen LogP) is 3.51. The summed E-state index contributed by atoms with van der Waals surface area (Å²) in [5, 5.41) is 13.1. The number of hydrogen-bond acceptors (Lipinski definition) is 4. The topological polar surface area (TPSA) is 59.2 Å². The average Bonchev–Trinajstić information content (AvgIpc) is 2.75. The highest BCUT2D eigenvalue weighted by Gasteiger charge is 2.39. The third kappa shape index (κ3) is 3.62. The van der Waals surface area contributed by atoms with Crippen molar-refractivity contribution in [2.45, 2.75) is 18.7 Å². The van der Waals surface area contributed by atoms with Gasteiger partial charge in [0.25, 0.3) is 0 Å². The Hall–Kier alpha value is -1.31. The van der Waals surface area contributed by atoms with Gasteiger partial charge in [0.2, 0.25) is 11.7 Å². The van der Waals surface area contributed by atoms with Gasteiger partial charge in [0.05, 0.1) is 6.42 Å². The third-order valence-electron chi connectivity index (χ3n) is 2.33. The van der Waals surface area contributed by atoms with Crippen molar-refractivity contribution >= 4 is 23.2 Å². The lowest BCUT2D eigenvalue weighted by Gasteiger charge is -2.11. The molecule has 2 aromatic rings. The van der Waals surface area contributed by atoms with E-state index < -0.39 is 18.7 Å². The zero-order valence-corrected chi connectivity index (χ0v) is 11.2. The van der Waals surface area contributed by atoms with Crippen LogP contribution in [-0.2, 0) is 6.42 Å². The van der Waals surface area contributed by atoms with Crippen LogP contribution in [0.15, 0.2) is 22.7 Å². The van der Waals surface area contributed by atoms with Crippen LogP contribution in [-0.4, -0.2) is 27.5 Å². The third-order valence-corrected chi connectivity index (χ3v) is 2.77. The molecular formula is C11H7Cl2F3N2O2. The first-order valence-corrected chi connectivity index (χ1v) is 6.05. The van der Waals surface area contributed by atoms with Crippen molar-refractivity contribution in [3.63, 3.8) is 0 Å². The highest BCUT2D eigenvalue weighted by molar-refractivity contribution is 6.35. The molecule has 1 unspecified atom stereocenters. The number of benzene rings is 1. The summed E-state index contributed by atoms with van der Waals surface area (Å²) in [4.78, 5) is 3.76. The fourth-order valence-corrected chi connectivity index (χ4v) is 1.95. The minimum Gasteiger partial charge on any atom is -0.383 e. The van der Waals surface area contributed by atoms with E-state index in [0.717, 1.165) is 0 Å². The van der Waals surface area contributed by atoms with E-state index in [2.05, 4.69) is 14.7 Å². The molecule has 0 bridgehead atoms. The maximum Gasteiger partial charge on any atom is 0.414 e. The number of aliphatic hydroxyl groups is 1. The molecule has 0 fully saturated rings. The zero-order chi connectivity index (χ0) is 14.9. The van der Waals surface area contributed by atoms with Crippen molar-refractivity contribution in [2.24, 2.45) is 0 Å². The number of rotatable bonds is 3.